The number of sulfonamides is 1. The maximum Gasteiger partial charge on any atom is 0.310 e. The van der Waals surface area contributed by atoms with Gasteiger partial charge in [-0.2, -0.15) is 0 Å². The number of nitrogens with one attached hydrogen (secondary N) is 1. The van der Waals surface area contributed by atoms with Crippen molar-refractivity contribution in [2.45, 2.75) is 43.9 Å². The number of methoxy groups -OCH3 is 1. The highest BCUT2D eigenvalue weighted by Gasteiger charge is 2.43. The molecule has 1 fully saturated rings. The predicted octanol–water partition coefficient (Wildman–Crippen LogP) is 1.86. The van der Waals surface area contributed by atoms with Crippen LogP contribution in [0.5, 0.6) is 0 Å². The number of ether oxygens (including phenoxy) is 1. The smallest absolute Gasteiger partial charge is 0.310 e. The van der Waals surface area contributed by atoms with Crippen LogP contribution in [0.4, 0.5) is 0 Å². The fraction of sp³-hybridized carbons (Fsp3) is 0.692. The van der Waals surface area contributed by atoms with E-state index < -0.39 is 27.2 Å². The molecular formula is C13H20N2O4S2. The van der Waals surface area contributed by atoms with Gasteiger partial charge in [-0.25, -0.2) is 18.1 Å². The van der Waals surface area contributed by atoms with Gasteiger partial charge in [-0.3, -0.25) is 4.79 Å². The van der Waals surface area contributed by atoms with E-state index in [1.807, 2.05) is 12.3 Å². The number of nitrogens with zero attached hydrogens (tertiary/aromatic N) is 1. The van der Waals surface area contributed by atoms with Crippen LogP contribution in [0.3, 0.4) is 0 Å². The zero-order chi connectivity index (χ0) is 15.5. The van der Waals surface area contributed by atoms with Gasteiger partial charge in [0, 0.05) is 11.6 Å². The van der Waals surface area contributed by atoms with Crippen LogP contribution in [0.15, 0.2) is 11.6 Å². The number of hydrogen-bond acceptors (Lipinski definition) is 6. The van der Waals surface area contributed by atoms with Gasteiger partial charge in [0.1, 0.15) is 5.01 Å². The third kappa shape index (κ3) is 3.61. The fourth-order valence-corrected chi connectivity index (χ4v) is 5.57. The molecule has 1 aliphatic rings. The zero-order valence-corrected chi connectivity index (χ0v) is 13.7. The average molecular weight is 332 g/mol. The van der Waals surface area contributed by atoms with Crippen molar-refractivity contribution >= 4 is 27.3 Å². The molecule has 3 atom stereocenters. The maximum atomic E-state index is 12.6. The van der Waals surface area contributed by atoms with Gasteiger partial charge in [-0.05, 0) is 19.3 Å². The van der Waals surface area contributed by atoms with Crippen LogP contribution < -0.4 is 4.72 Å². The summed E-state index contributed by atoms with van der Waals surface area (Å²) >= 11 is 1.42. The van der Waals surface area contributed by atoms with E-state index in [0.717, 1.165) is 11.4 Å². The molecular weight excluding hydrogens is 312 g/mol. The van der Waals surface area contributed by atoms with Gasteiger partial charge >= 0.3 is 5.97 Å². The molecule has 1 aliphatic carbocycles. The van der Waals surface area contributed by atoms with Crippen molar-refractivity contribution in [2.75, 3.05) is 7.11 Å². The van der Waals surface area contributed by atoms with Crippen molar-refractivity contribution < 1.29 is 17.9 Å². The number of esters is 1. The lowest BCUT2D eigenvalue weighted by Crippen LogP contribution is -2.41. The first-order chi connectivity index (χ1) is 9.99. The van der Waals surface area contributed by atoms with E-state index in [0.29, 0.717) is 19.3 Å². The van der Waals surface area contributed by atoms with Gasteiger partial charge in [0.25, 0.3) is 0 Å². The molecule has 1 N–H and O–H groups in total. The molecule has 1 aromatic rings. The normalized spacial score (nSPS) is 23.9. The second-order valence-corrected chi connectivity index (χ2v) is 7.95. The maximum absolute atomic E-state index is 12.6. The van der Waals surface area contributed by atoms with Crippen LogP contribution in [-0.2, 0) is 19.6 Å². The Balaban J connectivity index is 2.15. The first-order valence-electron chi connectivity index (χ1n) is 6.98. The molecule has 0 radical (unpaired) electrons. The lowest BCUT2D eigenvalue weighted by Gasteiger charge is -2.22. The highest BCUT2D eigenvalue weighted by atomic mass is 32.2. The van der Waals surface area contributed by atoms with E-state index in [4.69, 9.17) is 4.74 Å². The second kappa shape index (κ2) is 6.85. The molecule has 1 saturated carbocycles. The van der Waals surface area contributed by atoms with Crippen molar-refractivity contribution in [3.8, 4) is 0 Å². The molecule has 0 bridgehead atoms. The van der Waals surface area contributed by atoms with Crippen molar-refractivity contribution in [1.82, 2.24) is 9.71 Å². The largest absolute Gasteiger partial charge is 0.469 e. The Morgan fingerprint density at radius 3 is 2.90 bits per heavy atom. The zero-order valence-electron chi connectivity index (χ0n) is 12.1. The van der Waals surface area contributed by atoms with Gasteiger partial charge < -0.3 is 4.74 Å². The summed E-state index contributed by atoms with van der Waals surface area (Å²) in [5, 5.41) is 1.85. The molecule has 0 spiro atoms. The first kappa shape index (κ1) is 16.4. The molecule has 118 valence electrons. The van der Waals surface area contributed by atoms with Crippen LogP contribution in [0.2, 0.25) is 0 Å². The minimum Gasteiger partial charge on any atom is -0.469 e. The third-order valence-electron chi connectivity index (χ3n) is 3.82. The molecule has 0 amide bonds. The van der Waals surface area contributed by atoms with Crippen LogP contribution in [0.1, 0.15) is 43.7 Å². The number of thiazole rings is 1. The summed E-state index contributed by atoms with van der Waals surface area (Å²) < 4.78 is 32.6. The van der Waals surface area contributed by atoms with E-state index in [1.165, 1.54) is 18.4 Å². The topological polar surface area (TPSA) is 85.4 Å². The Morgan fingerprint density at radius 1 is 1.57 bits per heavy atom. The quantitative estimate of drug-likeness (QED) is 0.804. The van der Waals surface area contributed by atoms with Gasteiger partial charge in [0.05, 0.1) is 24.3 Å². The Kier molecular flexibility index (Phi) is 5.34. The highest BCUT2D eigenvalue weighted by molar-refractivity contribution is 7.90. The molecule has 8 heteroatoms. The number of hydrogen-bond donors (Lipinski definition) is 1. The number of carbonyl (C=O) groups excluding carboxylic acids is 1. The number of carbonyl (C=O) groups is 1. The molecule has 1 aromatic heterocycles. The van der Waals surface area contributed by atoms with Crippen LogP contribution >= 0.6 is 11.3 Å². The Labute approximate surface area is 129 Å². The molecule has 21 heavy (non-hydrogen) atoms. The molecule has 0 saturated heterocycles. The lowest BCUT2D eigenvalue weighted by atomic mass is 10.1. The van der Waals surface area contributed by atoms with Gasteiger partial charge in [-0.15, -0.1) is 11.3 Å². The van der Waals surface area contributed by atoms with E-state index in [-0.39, 0.29) is 6.04 Å². The summed E-state index contributed by atoms with van der Waals surface area (Å²) in [5.74, 6) is -1.01. The van der Waals surface area contributed by atoms with Crippen LogP contribution in [-0.4, -0.2) is 31.7 Å². The monoisotopic (exact) mass is 332 g/mol. The predicted molar refractivity (Wildman–Crippen MR) is 80.3 cm³/mol. The van der Waals surface area contributed by atoms with E-state index in [1.54, 1.807) is 6.20 Å². The first-order valence-corrected chi connectivity index (χ1v) is 9.40. The molecule has 6 nitrogen and oxygen atoms in total. The Bertz CT molecular complexity index is 571. The summed E-state index contributed by atoms with van der Waals surface area (Å²) in [5.41, 5.74) is 0. The average Bonchev–Trinajstić information content (AvgIpc) is 3.14. The van der Waals surface area contributed by atoms with E-state index >= 15 is 0 Å². The van der Waals surface area contributed by atoms with Crippen LogP contribution in [0, 0.1) is 5.92 Å². The van der Waals surface area contributed by atoms with E-state index in [2.05, 4.69) is 9.71 Å². The van der Waals surface area contributed by atoms with E-state index in [9.17, 15) is 13.2 Å². The Morgan fingerprint density at radius 2 is 2.33 bits per heavy atom. The van der Waals surface area contributed by atoms with Crippen LogP contribution in [0.25, 0.3) is 0 Å². The molecule has 1 heterocycles. The molecule has 0 aliphatic heterocycles. The van der Waals surface area contributed by atoms with Gasteiger partial charge in [0.2, 0.25) is 10.0 Å². The van der Waals surface area contributed by atoms with Crippen molar-refractivity contribution in [3.05, 3.63) is 16.6 Å². The summed E-state index contributed by atoms with van der Waals surface area (Å²) in [6, 6.07) is -0.339. The van der Waals surface area contributed by atoms with Gasteiger partial charge in [0.15, 0.2) is 0 Å². The minimum atomic E-state index is -3.59. The fourth-order valence-electron chi connectivity index (χ4n) is 2.72. The number of rotatable bonds is 6. The summed E-state index contributed by atoms with van der Waals surface area (Å²) in [6.07, 6.45) is 4.04. The molecule has 3 unspecified atom stereocenters. The van der Waals surface area contributed by atoms with Crippen molar-refractivity contribution in [3.63, 3.8) is 0 Å². The standard InChI is InChI=1S/C13H20N2O4S2/c1-3-10(12-14-7-8-20-12)15-21(17,18)11-6-4-5-9(11)13(16)19-2/h7-11,15H,3-6H2,1-2H3. The SMILES string of the molecule is CCC(NS(=O)(=O)C1CCCC1C(=O)OC)c1nccs1. The summed E-state index contributed by atoms with van der Waals surface area (Å²) in [4.78, 5) is 15.9. The summed E-state index contributed by atoms with van der Waals surface area (Å²) in [6.45, 7) is 1.90. The second-order valence-electron chi connectivity index (χ2n) is 5.09. The lowest BCUT2D eigenvalue weighted by molar-refractivity contribution is -0.145. The van der Waals surface area contributed by atoms with Gasteiger partial charge in [-0.1, -0.05) is 13.3 Å². The Hall–Kier alpha value is -0.990. The molecule has 0 aromatic carbocycles. The van der Waals surface area contributed by atoms with Crippen molar-refractivity contribution in [1.29, 1.82) is 0 Å². The van der Waals surface area contributed by atoms with Crippen molar-refractivity contribution in [2.24, 2.45) is 5.92 Å². The molecule has 2 rings (SSSR count). The highest BCUT2D eigenvalue weighted by Crippen LogP contribution is 2.33. The summed E-state index contributed by atoms with van der Waals surface area (Å²) in [7, 11) is -2.29. The number of aromatic nitrogens is 1. The third-order valence-corrected chi connectivity index (χ3v) is 6.68. The minimum absolute atomic E-state index is 0.339.